The molecule has 0 aliphatic heterocycles. The van der Waals surface area contributed by atoms with Crippen LogP contribution < -0.4 is 10.5 Å². The molecule has 0 radical (unpaired) electrons. The van der Waals surface area contributed by atoms with Gasteiger partial charge in [-0.05, 0) is 6.07 Å². The van der Waals surface area contributed by atoms with E-state index >= 15 is 0 Å². The zero-order chi connectivity index (χ0) is 12.1. The maximum atomic E-state index is 12.0. The SMILES string of the molecule is COc1cnccc1C(=O)N(C)CC(N)=S. The molecule has 0 spiro atoms. The summed E-state index contributed by atoms with van der Waals surface area (Å²) < 4.78 is 5.05. The molecular weight excluding hydrogens is 226 g/mol. The average Bonchev–Trinajstić information content (AvgIpc) is 2.27. The maximum absolute atomic E-state index is 12.0. The fourth-order valence-electron chi connectivity index (χ4n) is 1.23. The summed E-state index contributed by atoms with van der Waals surface area (Å²) in [7, 11) is 3.11. The predicted molar refractivity (Wildman–Crippen MR) is 64.5 cm³/mol. The Kier molecular flexibility index (Phi) is 4.19. The molecule has 1 aromatic rings. The second-order valence-corrected chi connectivity index (χ2v) is 3.73. The third-order valence-electron chi connectivity index (χ3n) is 1.97. The van der Waals surface area contributed by atoms with Gasteiger partial charge in [0.1, 0.15) is 5.75 Å². The number of carbonyl (C=O) groups excluding carboxylic acids is 1. The van der Waals surface area contributed by atoms with Crippen LogP contribution in [0.5, 0.6) is 5.75 Å². The molecule has 1 amide bonds. The molecule has 16 heavy (non-hydrogen) atoms. The molecule has 0 saturated carbocycles. The molecule has 86 valence electrons. The summed E-state index contributed by atoms with van der Waals surface area (Å²) in [5.74, 6) is 0.231. The first-order valence-corrected chi connectivity index (χ1v) is 4.99. The van der Waals surface area contributed by atoms with Crippen molar-refractivity contribution in [2.75, 3.05) is 20.7 Å². The number of hydrogen-bond donors (Lipinski definition) is 1. The lowest BCUT2D eigenvalue weighted by molar-refractivity contribution is 0.0811. The van der Waals surface area contributed by atoms with E-state index in [9.17, 15) is 4.79 Å². The summed E-state index contributed by atoms with van der Waals surface area (Å²) in [6, 6.07) is 1.59. The smallest absolute Gasteiger partial charge is 0.257 e. The van der Waals surface area contributed by atoms with E-state index in [-0.39, 0.29) is 17.4 Å². The minimum Gasteiger partial charge on any atom is -0.494 e. The summed E-state index contributed by atoms with van der Waals surface area (Å²) in [4.78, 5) is 17.5. The van der Waals surface area contributed by atoms with Crippen molar-refractivity contribution >= 4 is 23.1 Å². The number of ether oxygens (including phenoxy) is 1. The highest BCUT2D eigenvalue weighted by Gasteiger charge is 2.16. The Morgan fingerprint density at radius 1 is 1.69 bits per heavy atom. The lowest BCUT2D eigenvalue weighted by atomic mass is 10.2. The van der Waals surface area contributed by atoms with E-state index in [0.717, 1.165) is 0 Å². The highest BCUT2D eigenvalue weighted by Crippen LogP contribution is 2.17. The fraction of sp³-hybridized carbons (Fsp3) is 0.300. The van der Waals surface area contributed by atoms with E-state index in [1.165, 1.54) is 24.4 Å². The van der Waals surface area contributed by atoms with Crippen LogP contribution in [0.15, 0.2) is 18.5 Å². The molecule has 0 bridgehead atoms. The van der Waals surface area contributed by atoms with Gasteiger partial charge in [-0.15, -0.1) is 0 Å². The van der Waals surface area contributed by atoms with Crippen molar-refractivity contribution in [2.24, 2.45) is 5.73 Å². The number of aromatic nitrogens is 1. The van der Waals surface area contributed by atoms with Crippen molar-refractivity contribution in [3.63, 3.8) is 0 Å². The summed E-state index contributed by atoms with van der Waals surface area (Å²) in [5.41, 5.74) is 5.81. The van der Waals surface area contributed by atoms with E-state index < -0.39 is 0 Å². The number of carbonyl (C=O) groups is 1. The molecule has 0 aliphatic rings. The number of amides is 1. The Labute approximate surface area is 99.2 Å². The third-order valence-corrected chi connectivity index (χ3v) is 2.10. The van der Waals surface area contributed by atoms with Gasteiger partial charge >= 0.3 is 0 Å². The van der Waals surface area contributed by atoms with Crippen LogP contribution in [-0.2, 0) is 0 Å². The van der Waals surface area contributed by atoms with Crippen molar-refractivity contribution < 1.29 is 9.53 Å². The van der Waals surface area contributed by atoms with Gasteiger partial charge in [0.15, 0.2) is 0 Å². The van der Waals surface area contributed by atoms with Crippen LogP contribution in [0.4, 0.5) is 0 Å². The summed E-state index contributed by atoms with van der Waals surface area (Å²) >= 11 is 4.74. The van der Waals surface area contributed by atoms with Crippen molar-refractivity contribution in [2.45, 2.75) is 0 Å². The number of rotatable bonds is 4. The van der Waals surface area contributed by atoms with E-state index in [1.54, 1.807) is 13.1 Å². The zero-order valence-corrected chi connectivity index (χ0v) is 9.95. The predicted octanol–water partition coefficient (Wildman–Crippen LogP) is 0.448. The van der Waals surface area contributed by atoms with Crippen molar-refractivity contribution in [3.8, 4) is 5.75 Å². The Morgan fingerprint density at radius 2 is 2.38 bits per heavy atom. The van der Waals surface area contributed by atoms with Crippen molar-refractivity contribution in [3.05, 3.63) is 24.0 Å². The van der Waals surface area contributed by atoms with E-state index in [1.807, 2.05) is 0 Å². The quantitative estimate of drug-likeness (QED) is 0.773. The maximum Gasteiger partial charge on any atom is 0.257 e. The molecule has 0 aliphatic carbocycles. The third kappa shape index (κ3) is 2.90. The van der Waals surface area contributed by atoms with E-state index in [2.05, 4.69) is 4.98 Å². The van der Waals surface area contributed by atoms with E-state index in [0.29, 0.717) is 11.3 Å². The minimum atomic E-state index is -0.202. The van der Waals surface area contributed by atoms with Gasteiger partial charge in [-0.2, -0.15) is 0 Å². The molecule has 0 saturated heterocycles. The number of thiocarbonyl (C=S) groups is 1. The van der Waals surface area contributed by atoms with Gasteiger partial charge in [-0.3, -0.25) is 9.78 Å². The molecule has 0 aromatic carbocycles. The first kappa shape index (κ1) is 12.4. The Morgan fingerprint density at radius 3 is 2.94 bits per heavy atom. The zero-order valence-electron chi connectivity index (χ0n) is 9.14. The Balaban J connectivity index is 2.91. The van der Waals surface area contributed by atoms with Gasteiger partial charge in [0.05, 0.1) is 30.4 Å². The van der Waals surface area contributed by atoms with Gasteiger partial charge in [-0.1, -0.05) is 12.2 Å². The van der Waals surface area contributed by atoms with Crippen LogP contribution in [0.3, 0.4) is 0 Å². The van der Waals surface area contributed by atoms with Gasteiger partial charge in [0.2, 0.25) is 0 Å². The highest BCUT2D eigenvalue weighted by atomic mass is 32.1. The van der Waals surface area contributed by atoms with Gasteiger partial charge in [0.25, 0.3) is 5.91 Å². The molecule has 6 heteroatoms. The molecule has 2 N–H and O–H groups in total. The number of methoxy groups -OCH3 is 1. The monoisotopic (exact) mass is 239 g/mol. The average molecular weight is 239 g/mol. The molecule has 0 atom stereocenters. The van der Waals surface area contributed by atoms with Crippen LogP contribution in [0.25, 0.3) is 0 Å². The standard InChI is InChI=1S/C10H13N3O2S/c1-13(6-9(11)16)10(14)7-3-4-12-5-8(7)15-2/h3-5H,6H2,1-2H3,(H2,11,16). The summed E-state index contributed by atoms with van der Waals surface area (Å²) in [6.45, 7) is 0.236. The lowest BCUT2D eigenvalue weighted by Gasteiger charge is -2.17. The first-order chi connectivity index (χ1) is 7.56. The second kappa shape index (κ2) is 5.41. The number of nitrogens with two attached hydrogens (primary N) is 1. The first-order valence-electron chi connectivity index (χ1n) is 4.58. The molecule has 1 aromatic heterocycles. The highest BCUT2D eigenvalue weighted by molar-refractivity contribution is 7.80. The van der Waals surface area contributed by atoms with Crippen LogP contribution in [0.2, 0.25) is 0 Å². The normalized spacial score (nSPS) is 9.62. The molecule has 5 nitrogen and oxygen atoms in total. The molecular formula is C10H13N3O2S. The van der Waals surface area contributed by atoms with E-state index in [4.69, 9.17) is 22.7 Å². The molecule has 0 fully saturated rings. The van der Waals surface area contributed by atoms with Crippen LogP contribution in [-0.4, -0.2) is 41.5 Å². The van der Waals surface area contributed by atoms with Crippen LogP contribution in [0.1, 0.15) is 10.4 Å². The number of pyridine rings is 1. The molecule has 0 unspecified atom stereocenters. The lowest BCUT2D eigenvalue weighted by Crippen LogP contribution is -2.34. The van der Waals surface area contributed by atoms with Crippen molar-refractivity contribution in [1.82, 2.24) is 9.88 Å². The summed E-state index contributed by atoms with van der Waals surface area (Å²) in [6.07, 6.45) is 3.02. The Hall–Kier alpha value is -1.69. The summed E-state index contributed by atoms with van der Waals surface area (Å²) in [5, 5.41) is 0. The number of hydrogen-bond acceptors (Lipinski definition) is 4. The largest absolute Gasteiger partial charge is 0.494 e. The minimum absolute atomic E-state index is 0.202. The van der Waals surface area contributed by atoms with Gasteiger partial charge in [0, 0.05) is 13.2 Å². The number of nitrogens with zero attached hydrogens (tertiary/aromatic N) is 2. The number of likely N-dealkylation sites (N-methyl/N-ethyl adjacent to an activating group) is 1. The topological polar surface area (TPSA) is 68.5 Å². The van der Waals surface area contributed by atoms with Gasteiger partial charge in [-0.25, -0.2) is 0 Å². The second-order valence-electron chi connectivity index (χ2n) is 3.20. The van der Waals surface area contributed by atoms with Crippen LogP contribution in [0, 0.1) is 0 Å². The molecule has 1 heterocycles. The molecule has 1 rings (SSSR count). The fourth-order valence-corrected chi connectivity index (χ4v) is 1.42. The van der Waals surface area contributed by atoms with Crippen molar-refractivity contribution in [1.29, 1.82) is 0 Å². The van der Waals surface area contributed by atoms with Crippen LogP contribution >= 0.6 is 12.2 Å². The van der Waals surface area contributed by atoms with Gasteiger partial charge < -0.3 is 15.4 Å². The Bertz CT molecular complexity index is 409.